The Morgan fingerprint density at radius 1 is 1.24 bits per heavy atom. The van der Waals surface area contributed by atoms with Crippen molar-refractivity contribution in [3.05, 3.63) is 46.8 Å². The Balaban J connectivity index is 1.82. The molecule has 1 heterocycles. The number of hydrogen-bond donors (Lipinski definition) is 2. The lowest BCUT2D eigenvalue weighted by atomic mass is 9.96. The Kier molecular flexibility index (Phi) is 3.43. The van der Waals surface area contributed by atoms with Crippen LogP contribution in [0.5, 0.6) is 0 Å². The monoisotopic (exact) mass is 286 g/mol. The van der Waals surface area contributed by atoms with Crippen LogP contribution in [0.25, 0.3) is 0 Å². The van der Waals surface area contributed by atoms with Gasteiger partial charge in [0.15, 0.2) is 5.69 Å². The van der Waals surface area contributed by atoms with Crippen LogP contribution in [0.4, 0.5) is 5.69 Å². The van der Waals surface area contributed by atoms with Gasteiger partial charge in [-0.15, -0.1) is 0 Å². The van der Waals surface area contributed by atoms with Crippen LogP contribution in [-0.4, -0.2) is 22.1 Å². The van der Waals surface area contributed by atoms with E-state index in [1.807, 2.05) is 0 Å². The highest BCUT2D eigenvalue weighted by atomic mass is 16.5. The summed E-state index contributed by atoms with van der Waals surface area (Å²) in [4.78, 5) is 23.2. The second-order valence-electron chi connectivity index (χ2n) is 4.98. The molecular formula is C15H14N2O4. The van der Waals surface area contributed by atoms with E-state index in [2.05, 4.69) is 10.5 Å². The van der Waals surface area contributed by atoms with Gasteiger partial charge in [0.1, 0.15) is 5.76 Å². The van der Waals surface area contributed by atoms with Gasteiger partial charge < -0.3 is 14.9 Å². The third kappa shape index (κ3) is 2.65. The molecule has 0 fully saturated rings. The fourth-order valence-electron chi connectivity index (χ4n) is 2.48. The van der Waals surface area contributed by atoms with Crippen molar-refractivity contribution in [1.82, 2.24) is 5.16 Å². The maximum absolute atomic E-state index is 12.2. The smallest absolute Gasteiger partial charge is 0.335 e. The number of carbonyl (C=O) groups is 2. The first-order valence-corrected chi connectivity index (χ1v) is 6.77. The number of carbonyl (C=O) groups excluding carboxylic acids is 1. The van der Waals surface area contributed by atoms with E-state index in [0.29, 0.717) is 11.4 Å². The molecule has 1 aliphatic carbocycles. The van der Waals surface area contributed by atoms with Crippen LogP contribution in [0.3, 0.4) is 0 Å². The maximum atomic E-state index is 12.2. The Hall–Kier alpha value is -2.63. The lowest BCUT2D eigenvalue weighted by Gasteiger charge is -2.09. The second-order valence-corrected chi connectivity index (χ2v) is 4.98. The molecule has 1 aromatic carbocycles. The van der Waals surface area contributed by atoms with Gasteiger partial charge in [0.25, 0.3) is 5.91 Å². The second kappa shape index (κ2) is 5.40. The van der Waals surface area contributed by atoms with Crippen molar-refractivity contribution in [2.45, 2.75) is 25.7 Å². The van der Waals surface area contributed by atoms with Crippen LogP contribution >= 0.6 is 0 Å². The average molecular weight is 286 g/mol. The molecule has 2 aromatic rings. The predicted octanol–water partition coefficient (Wildman–Crippen LogP) is 2.50. The first-order chi connectivity index (χ1) is 10.1. The summed E-state index contributed by atoms with van der Waals surface area (Å²) in [6.45, 7) is 0. The van der Waals surface area contributed by atoms with Crippen LogP contribution in [0, 0.1) is 0 Å². The minimum atomic E-state index is -1.04. The molecule has 0 radical (unpaired) electrons. The van der Waals surface area contributed by atoms with E-state index in [4.69, 9.17) is 9.63 Å². The van der Waals surface area contributed by atoms with Crippen molar-refractivity contribution < 1.29 is 19.2 Å². The molecule has 6 nitrogen and oxygen atoms in total. The molecular weight excluding hydrogens is 272 g/mol. The molecule has 2 N–H and O–H groups in total. The summed E-state index contributed by atoms with van der Waals surface area (Å²) in [5.41, 5.74) is 1.71. The highest BCUT2D eigenvalue weighted by Gasteiger charge is 2.24. The number of carboxylic acid groups (broad SMARTS) is 1. The fourth-order valence-corrected chi connectivity index (χ4v) is 2.48. The molecule has 1 amide bonds. The zero-order valence-corrected chi connectivity index (χ0v) is 11.3. The van der Waals surface area contributed by atoms with Crippen LogP contribution < -0.4 is 5.32 Å². The van der Waals surface area contributed by atoms with Gasteiger partial charge in [-0.3, -0.25) is 4.79 Å². The number of benzene rings is 1. The van der Waals surface area contributed by atoms with Gasteiger partial charge in [0.05, 0.1) is 5.56 Å². The predicted molar refractivity (Wildman–Crippen MR) is 74.5 cm³/mol. The molecule has 0 aliphatic heterocycles. The Morgan fingerprint density at radius 3 is 2.86 bits per heavy atom. The molecule has 21 heavy (non-hydrogen) atoms. The lowest BCUT2D eigenvalue weighted by Crippen LogP contribution is -2.16. The SMILES string of the molecule is O=C(O)c1cccc(NC(=O)c2noc3c2CCCC3)c1. The van der Waals surface area contributed by atoms with E-state index >= 15 is 0 Å². The molecule has 3 rings (SSSR count). The molecule has 1 aromatic heterocycles. The van der Waals surface area contributed by atoms with Crippen LogP contribution in [0.2, 0.25) is 0 Å². The third-order valence-corrected chi connectivity index (χ3v) is 3.53. The topological polar surface area (TPSA) is 92.4 Å². The first-order valence-electron chi connectivity index (χ1n) is 6.77. The highest BCUT2D eigenvalue weighted by Crippen LogP contribution is 2.24. The number of amides is 1. The quantitative estimate of drug-likeness (QED) is 0.904. The summed E-state index contributed by atoms with van der Waals surface area (Å²) in [5, 5.41) is 15.5. The van der Waals surface area contributed by atoms with E-state index in [1.54, 1.807) is 12.1 Å². The number of fused-ring (bicyclic) bond motifs is 1. The summed E-state index contributed by atoms with van der Waals surface area (Å²) in [6, 6.07) is 6.09. The molecule has 0 saturated carbocycles. The average Bonchev–Trinajstić information content (AvgIpc) is 2.91. The molecule has 0 unspecified atom stereocenters. The molecule has 0 saturated heterocycles. The number of aromatic carboxylic acids is 1. The lowest BCUT2D eigenvalue weighted by molar-refractivity contribution is 0.0696. The zero-order chi connectivity index (χ0) is 14.8. The zero-order valence-electron chi connectivity index (χ0n) is 11.3. The number of nitrogens with one attached hydrogen (secondary N) is 1. The Morgan fingerprint density at radius 2 is 2.05 bits per heavy atom. The number of nitrogens with zero attached hydrogens (tertiary/aromatic N) is 1. The van der Waals surface area contributed by atoms with Crippen molar-refractivity contribution in [1.29, 1.82) is 0 Å². The van der Waals surface area contributed by atoms with Gasteiger partial charge in [0.2, 0.25) is 0 Å². The standard InChI is InChI=1S/C15H14N2O4/c18-14(13-11-6-1-2-7-12(11)21-17-13)16-10-5-3-4-9(8-10)15(19)20/h3-5,8H,1-2,6-7H2,(H,16,18)(H,19,20). The number of hydrogen-bond acceptors (Lipinski definition) is 4. The molecule has 0 spiro atoms. The summed E-state index contributed by atoms with van der Waals surface area (Å²) >= 11 is 0. The van der Waals surface area contributed by atoms with E-state index in [9.17, 15) is 9.59 Å². The number of rotatable bonds is 3. The normalized spacial score (nSPS) is 13.5. The van der Waals surface area contributed by atoms with E-state index in [1.165, 1.54) is 12.1 Å². The minimum absolute atomic E-state index is 0.120. The van der Waals surface area contributed by atoms with E-state index in [-0.39, 0.29) is 11.5 Å². The number of anilines is 1. The summed E-state index contributed by atoms with van der Waals surface area (Å²) in [7, 11) is 0. The van der Waals surface area contributed by atoms with Crippen molar-refractivity contribution in [2.24, 2.45) is 0 Å². The van der Waals surface area contributed by atoms with Crippen molar-refractivity contribution in [2.75, 3.05) is 5.32 Å². The van der Waals surface area contributed by atoms with E-state index in [0.717, 1.165) is 37.0 Å². The van der Waals surface area contributed by atoms with Gasteiger partial charge in [-0.25, -0.2) is 4.79 Å². The summed E-state index contributed by atoms with van der Waals surface area (Å²) < 4.78 is 5.20. The van der Waals surface area contributed by atoms with Gasteiger partial charge in [0, 0.05) is 17.7 Å². The molecule has 0 bridgehead atoms. The highest BCUT2D eigenvalue weighted by molar-refractivity contribution is 6.04. The number of carboxylic acids is 1. The van der Waals surface area contributed by atoms with Gasteiger partial charge in [-0.2, -0.15) is 0 Å². The van der Waals surface area contributed by atoms with Crippen LogP contribution in [0.15, 0.2) is 28.8 Å². The number of aryl methyl sites for hydroxylation is 1. The van der Waals surface area contributed by atoms with Gasteiger partial charge >= 0.3 is 5.97 Å². The maximum Gasteiger partial charge on any atom is 0.335 e. The Bertz CT molecular complexity index is 705. The summed E-state index contributed by atoms with van der Waals surface area (Å²) in [6.07, 6.45) is 3.66. The number of aromatic nitrogens is 1. The van der Waals surface area contributed by atoms with E-state index < -0.39 is 5.97 Å². The van der Waals surface area contributed by atoms with Crippen LogP contribution in [-0.2, 0) is 12.8 Å². The van der Waals surface area contributed by atoms with Crippen LogP contribution in [0.1, 0.15) is 45.0 Å². The third-order valence-electron chi connectivity index (χ3n) is 3.53. The molecule has 108 valence electrons. The minimum Gasteiger partial charge on any atom is -0.478 e. The molecule has 0 atom stereocenters. The van der Waals surface area contributed by atoms with Crippen molar-refractivity contribution >= 4 is 17.6 Å². The van der Waals surface area contributed by atoms with Crippen molar-refractivity contribution in [3.8, 4) is 0 Å². The molecule has 1 aliphatic rings. The Labute approximate surface area is 120 Å². The first kappa shape index (κ1) is 13.4. The van der Waals surface area contributed by atoms with Gasteiger partial charge in [-0.05, 0) is 37.5 Å². The van der Waals surface area contributed by atoms with Gasteiger partial charge in [-0.1, -0.05) is 11.2 Å². The van der Waals surface area contributed by atoms with Crippen molar-refractivity contribution in [3.63, 3.8) is 0 Å². The fraction of sp³-hybridized carbons (Fsp3) is 0.267. The molecule has 6 heteroatoms. The summed E-state index contributed by atoms with van der Waals surface area (Å²) in [5.74, 6) is -0.625. The largest absolute Gasteiger partial charge is 0.478 e.